The maximum absolute atomic E-state index is 13.2. The third-order valence-corrected chi connectivity index (χ3v) is 4.90. The molecule has 30 heavy (non-hydrogen) atoms. The molecule has 0 aliphatic rings. The molecule has 1 N–H and O–H groups in total. The van der Waals surface area contributed by atoms with Crippen molar-refractivity contribution in [2.75, 3.05) is 6.61 Å². The summed E-state index contributed by atoms with van der Waals surface area (Å²) in [7, 11) is 0. The number of hydrogen-bond acceptors (Lipinski definition) is 5. The van der Waals surface area contributed by atoms with Crippen molar-refractivity contribution in [3.05, 3.63) is 92.8 Å². The number of aryl methyl sites for hydroxylation is 1. The number of rotatable bonds is 7. The minimum Gasteiger partial charge on any atom is -0.494 e. The number of carbonyl (C=O) groups excluding carboxylic acids is 1. The molecule has 0 fully saturated rings. The molecule has 0 spiro atoms. The molecule has 6 nitrogen and oxygen atoms in total. The molecule has 0 aliphatic heterocycles. The number of ketones is 1. The van der Waals surface area contributed by atoms with Crippen molar-refractivity contribution >= 4 is 5.78 Å². The molecule has 6 heteroatoms. The molecule has 0 radical (unpaired) electrons. The van der Waals surface area contributed by atoms with Crippen LogP contribution in [0.1, 0.15) is 39.5 Å². The molecule has 3 aromatic rings. The smallest absolute Gasteiger partial charge is 0.271 e. The highest BCUT2D eigenvalue weighted by Gasteiger charge is 2.25. The average molecular weight is 402 g/mol. The molecule has 0 saturated heterocycles. The van der Waals surface area contributed by atoms with Crippen molar-refractivity contribution in [3.8, 4) is 17.7 Å². The second-order valence-electron chi connectivity index (χ2n) is 6.79. The van der Waals surface area contributed by atoms with E-state index in [1.165, 1.54) is 6.92 Å². The Hall–Kier alpha value is -3.85. The summed E-state index contributed by atoms with van der Waals surface area (Å²) >= 11 is 0. The number of carbonyl (C=O) groups is 1. The highest BCUT2D eigenvalue weighted by atomic mass is 16.5. The van der Waals surface area contributed by atoms with Gasteiger partial charge in [-0.25, -0.2) is 0 Å². The number of nitrogens with zero attached hydrogens (tertiary/aromatic N) is 2. The largest absolute Gasteiger partial charge is 0.494 e. The van der Waals surface area contributed by atoms with Crippen molar-refractivity contribution in [1.29, 1.82) is 5.26 Å². The van der Waals surface area contributed by atoms with Crippen LogP contribution in [-0.2, 0) is 13.0 Å². The van der Waals surface area contributed by atoms with Crippen LogP contribution in [0.5, 0.6) is 11.6 Å². The van der Waals surface area contributed by atoms with E-state index in [2.05, 4.69) is 0 Å². The maximum atomic E-state index is 13.2. The van der Waals surface area contributed by atoms with Crippen LogP contribution in [0.4, 0.5) is 0 Å². The highest BCUT2D eigenvalue weighted by molar-refractivity contribution is 6.11. The van der Waals surface area contributed by atoms with E-state index >= 15 is 0 Å². The summed E-state index contributed by atoms with van der Waals surface area (Å²) in [6.07, 6.45) is 0.468. The van der Waals surface area contributed by atoms with E-state index in [-0.39, 0.29) is 23.2 Å². The Bertz CT molecular complexity index is 1170. The zero-order chi connectivity index (χ0) is 21.7. The Morgan fingerprint density at radius 3 is 2.57 bits per heavy atom. The first-order chi connectivity index (χ1) is 14.5. The Morgan fingerprint density at radius 1 is 1.17 bits per heavy atom. The van der Waals surface area contributed by atoms with Gasteiger partial charge in [0.25, 0.3) is 5.56 Å². The van der Waals surface area contributed by atoms with Crippen LogP contribution in [0.15, 0.2) is 59.4 Å². The number of ether oxygens (including phenoxy) is 1. The second kappa shape index (κ2) is 9.10. The average Bonchev–Trinajstić information content (AvgIpc) is 2.75. The molecule has 0 atom stereocenters. The van der Waals surface area contributed by atoms with Gasteiger partial charge in [0.2, 0.25) is 5.88 Å². The van der Waals surface area contributed by atoms with Crippen molar-refractivity contribution in [1.82, 2.24) is 4.57 Å². The molecule has 1 aromatic heterocycles. The fourth-order valence-corrected chi connectivity index (χ4v) is 3.35. The number of pyridine rings is 1. The minimum atomic E-state index is -0.608. The first-order valence-corrected chi connectivity index (χ1v) is 9.65. The zero-order valence-corrected chi connectivity index (χ0v) is 16.9. The van der Waals surface area contributed by atoms with E-state index in [9.17, 15) is 20.0 Å². The van der Waals surface area contributed by atoms with Crippen molar-refractivity contribution in [3.63, 3.8) is 0 Å². The SMILES string of the molecule is CCOc1cccc(C(=O)c2c(C)c(C#N)c(=O)n(CCc3ccccc3)c2O)c1. The quantitative estimate of drug-likeness (QED) is 0.610. The second-order valence-corrected chi connectivity index (χ2v) is 6.79. The van der Waals surface area contributed by atoms with Gasteiger partial charge in [0, 0.05) is 12.1 Å². The van der Waals surface area contributed by atoms with Gasteiger partial charge >= 0.3 is 0 Å². The summed E-state index contributed by atoms with van der Waals surface area (Å²) in [5, 5.41) is 20.4. The molecular weight excluding hydrogens is 380 g/mol. The first-order valence-electron chi connectivity index (χ1n) is 9.65. The van der Waals surface area contributed by atoms with Crippen molar-refractivity contribution in [2.24, 2.45) is 0 Å². The van der Waals surface area contributed by atoms with E-state index in [1.807, 2.05) is 43.3 Å². The monoisotopic (exact) mass is 402 g/mol. The zero-order valence-electron chi connectivity index (χ0n) is 16.9. The molecule has 0 bridgehead atoms. The summed E-state index contributed by atoms with van der Waals surface area (Å²) in [6.45, 7) is 3.93. The van der Waals surface area contributed by atoms with Crippen LogP contribution in [0.3, 0.4) is 0 Å². The molecule has 2 aromatic carbocycles. The number of aromatic nitrogens is 1. The van der Waals surface area contributed by atoms with Crippen LogP contribution in [0.25, 0.3) is 0 Å². The van der Waals surface area contributed by atoms with Gasteiger partial charge in [-0.1, -0.05) is 42.5 Å². The van der Waals surface area contributed by atoms with E-state index in [4.69, 9.17) is 4.74 Å². The van der Waals surface area contributed by atoms with Gasteiger partial charge in [-0.2, -0.15) is 5.26 Å². The van der Waals surface area contributed by atoms with Crippen molar-refractivity contribution < 1.29 is 14.6 Å². The topological polar surface area (TPSA) is 92.3 Å². The Kier molecular flexibility index (Phi) is 6.33. The number of benzene rings is 2. The van der Waals surface area contributed by atoms with Crippen molar-refractivity contribution in [2.45, 2.75) is 26.8 Å². The third-order valence-electron chi connectivity index (χ3n) is 4.90. The third kappa shape index (κ3) is 4.11. The first kappa shape index (κ1) is 20.9. The summed E-state index contributed by atoms with van der Waals surface area (Å²) in [5.41, 5.74) is 0.639. The molecule has 3 rings (SSSR count). The van der Waals surface area contributed by atoms with Crippen LogP contribution >= 0.6 is 0 Å². The van der Waals surface area contributed by atoms with Gasteiger partial charge in [-0.05, 0) is 43.5 Å². The van der Waals surface area contributed by atoms with E-state index in [0.29, 0.717) is 24.3 Å². The van der Waals surface area contributed by atoms with Gasteiger partial charge in [0.1, 0.15) is 17.4 Å². The molecular formula is C24H22N2O4. The number of hydrogen-bond donors (Lipinski definition) is 1. The summed E-state index contributed by atoms with van der Waals surface area (Å²) in [4.78, 5) is 26.0. The van der Waals surface area contributed by atoms with E-state index < -0.39 is 17.2 Å². The van der Waals surface area contributed by atoms with Gasteiger partial charge in [0.05, 0.1) is 12.2 Å². The highest BCUT2D eigenvalue weighted by Crippen LogP contribution is 2.26. The lowest BCUT2D eigenvalue weighted by atomic mass is 9.97. The molecule has 0 amide bonds. The summed E-state index contributed by atoms with van der Waals surface area (Å²) < 4.78 is 6.54. The lowest BCUT2D eigenvalue weighted by Gasteiger charge is -2.16. The lowest BCUT2D eigenvalue weighted by Crippen LogP contribution is -2.27. The van der Waals surface area contributed by atoms with Crippen LogP contribution in [0, 0.1) is 18.3 Å². The molecule has 0 unspecified atom stereocenters. The minimum absolute atomic E-state index is 0.0483. The van der Waals surface area contributed by atoms with Gasteiger partial charge < -0.3 is 9.84 Å². The Morgan fingerprint density at radius 2 is 1.90 bits per heavy atom. The Balaban J connectivity index is 2.08. The number of nitriles is 1. The van der Waals surface area contributed by atoms with Crippen LogP contribution in [0.2, 0.25) is 0 Å². The van der Waals surface area contributed by atoms with Crippen LogP contribution < -0.4 is 10.3 Å². The van der Waals surface area contributed by atoms with E-state index in [1.54, 1.807) is 24.3 Å². The van der Waals surface area contributed by atoms with Gasteiger partial charge in [-0.15, -0.1) is 0 Å². The Labute approximate surface area is 174 Å². The fourth-order valence-electron chi connectivity index (χ4n) is 3.35. The number of aromatic hydroxyl groups is 1. The van der Waals surface area contributed by atoms with E-state index in [0.717, 1.165) is 10.1 Å². The standard InChI is InChI=1S/C24H22N2O4/c1-3-30-19-11-7-10-18(14-19)22(27)21-16(2)20(15-25)23(28)26(24(21)29)13-12-17-8-5-4-6-9-17/h4-11,14,29H,3,12-13H2,1-2H3. The summed E-state index contributed by atoms with van der Waals surface area (Å²) in [6, 6.07) is 18.0. The van der Waals surface area contributed by atoms with Gasteiger partial charge in [-0.3, -0.25) is 14.2 Å². The maximum Gasteiger partial charge on any atom is 0.271 e. The lowest BCUT2D eigenvalue weighted by molar-refractivity contribution is 0.103. The van der Waals surface area contributed by atoms with Crippen LogP contribution in [-0.4, -0.2) is 22.1 Å². The fraction of sp³-hybridized carbons (Fsp3) is 0.208. The normalized spacial score (nSPS) is 10.4. The molecule has 0 saturated carbocycles. The molecule has 152 valence electrons. The predicted molar refractivity (Wildman–Crippen MR) is 113 cm³/mol. The van der Waals surface area contributed by atoms with Gasteiger partial charge in [0.15, 0.2) is 5.78 Å². The predicted octanol–water partition coefficient (Wildman–Crippen LogP) is 3.61. The molecule has 0 aliphatic carbocycles. The summed E-state index contributed by atoms with van der Waals surface area (Å²) in [5.74, 6) is -0.380. The molecule has 1 heterocycles.